The van der Waals surface area contributed by atoms with Gasteiger partial charge in [0.05, 0.1) is 29.8 Å². The summed E-state index contributed by atoms with van der Waals surface area (Å²) in [6.45, 7) is 8.40. The molecule has 2 aliphatic rings. The van der Waals surface area contributed by atoms with Crippen molar-refractivity contribution in [2.45, 2.75) is 37.4 Å². The molecule has 144 valence electrons. The van der Waals surface area contributed by atoms with Gasteiger partial charge in [-0.3, -0.25) is 4.79 Å². The van der Waals surface area contributed by atoms with E-state index in [-0.39, 0.29) is 16.9 Å². The molecular weight excluding hydrogens is 356 g/mol. The van der Waals surface area contributed by atoms with Crippen LogP contribution in [0.4, 0.5) is 0 Å². The van der Waals surface area contributed by atoms with Gasteiger partial charge in [0, 0.05) is 31.7 Å². The van der Waals surface area contributed by atoms with E-state index >= 15 is 0 Å². The lowest BCUT2D eigenvalue weighted by Gasteiger charge is -2.41. The van der Waals surface area contributed by atoms with Crippen LogP contribution in [-0.2, 0) is 19.5 Å². The largest absolute Gasteiger partial charge is 0.379 e. The lowest BCUT2D eigenvalue weighted by molar-refractivity contribution is -0.118. The third kappa shape index (κ3) is 4.09. The van der Waals surface area contributed by atoms with Crippen LogP contribution in [0.1, 0.15) is 31.1 Å². The van der Waals surface area contributed by atoms with Crippen molar-refractivity contribution in [3.63, 3.8) is 0 Å². The molecule has 8 heteroatoms. The lowest BCUT2D eigenvalue weighted by atomic mass is 10.0. The molecule has 1 aromatic rings. The highest BCUT2D eigenvalue weighted by molar-refractivity contribution is 7.89. The Kier molecular flexibility index (Phi) is 5.39. The fraction of sp³-hybridized carbons (Fsp3) is 0.611. The van der Waals surface area contributed by atoms with Gasteiger partial charge in [0.15, 0.2) is 0 Å². The number of carbonyl (C=O) groups excluding carboxylic acids is 1. The molecule has 0 N–H and O–H groups in total. The zero-order valence-corrected chi connectivity index (χ0v) is 16.3. The zero-order chi connectivity index (χ0) is 18.9. The summed E-state index contributed by atoms with van der Waals surface area (Å²) < 4.78 is 37.8. The summed E-state index contributed by atoms with van der Waals surface area (Å²) in [6, 6.07) is 6.19. The van der Waals surface area contributed by atoms with E-state index in [0.29, 0.717) is 45.0 Å². The van der Waals surface area contributed by atoms with Crippen LogP contribution in [0.5, 0.6) is 0 Å². The fourth-order valence-corrected chi connectivity index (χ4v) is 4.90. The van der Waals surface area contributed by atoms with Crippen molar-refractivity contribution >= 4 is 15.9 Å². The number of ether oxygens (including phenoxy) is 2. The first kappa shape index (κ1) is 19.3. The van der Waals surface area contributed by atoms with E-state index in [4.69, 9.17) is 9.47 Å². The Morgan fingerprint density at radius 2 is 1.77 bits per heavy atom. The van der Waals surface area contributed by atoms with Crippen LogP contribution in [0.25, 0.3) is 0 Å². The molecule has 1 aromatic carbocycles. The lowest BCUT2D eigenvalue weighted by Crippen LogP contribution is -2.53. The standard InChI is InChI=1S/C18H26N2O5S/c1-14-12-19(13-18(2,3)25-14)17(21)15-4-6-16(7-5-15)26(22,23)20-8-10-24-11-9-20/h4-7,14H,8-13H2,1-3H3. The molecule has 2 heterocycles. The quantitative estimate of drug-likeness (QED) is 0.789. The van der Waals surface area contributed by atoms with E-state index in [9.17, 15) is 13.2 Å². The molecule has 2 fully saturated rings. The topological polar surface area (TPSA) is 76.2 Å². The first-order valence-electron chi connectivity index (χ1n) is 8.84. The summed E-state index contributed by atoms with van der Waals surface area (Å²) in [4.78, 5) is 14.8. The maximum Gasteiger partial charge on any atom is 0.254 e. The van der Waals surface area contributed by atoms with Crippen molar-refractivity contribution in [3.8, 4) is 0 Å². The second-order valence-electron chi connectivity index (χ2n) is 7.41. The number of nitrogens with zero attached hydrogens (tertiary/aromatic N) is 2. The fourth-order valence-electron chi connectivity index (χ4n) is 3.50. The Bertz CT molecular complexity index is 754. The number of carbonyl (C=O) groups is 1. The highest BCUT2D eigenvalue weighted by Crippen LogP contribution is 2.23. The van der Waals surface area contributed by atoms with Gasteiger partial charge in [-0.05, 0) is 45.0 Å². The number of hydrogen-bond acceptors (Lipinski definition) is 5. The summed E-state index contributed by atoms with van der Waals surface area (Å²) in [7, 11) is -3.55. The number of amides is 1. The highest BCUT2D eigenvalue weighted by Gasteiger charge is 2.34. The van der Waals surface area contributed by atoms with Crippen LogP contribution in [0.2, 0.25) is 0 Å². The number of sulfonamides is 1. The molecule has 0 aromatic heterocycles. The van der Waals surface area contributed by atoms with Gasteiger partial charge >= 0.3 is 0 Å². The SMILES string of the molecule is CC1CN(C(=O)c2ccc(S(=O)(=O)N3CCOCC3)cc2)CC(C)(C)O1. The monoisotopic (exact) mass is 382 g/mol. The van der Waals surface area contributed by atoms with Crippen molar-refractivity contribution in [2.24, 2.45) is 0 Å². The van der Waals surface area contributed by atoms with E-state index in [1.54, 1.807) is 17.0 Å². The molecule has 0 radical (unpaired) electrons. The average molecular weight is 382 g/mol. The predicted molar refractivity (Wildman–Crippen MR) is 96.5 cm³/mol. The number of morpholine rings is 2. The third-order valence-corrected chi connectivity index (χ3v) is 6.48. The molecule has 3 rings (SSSR count). The molecule has 2 saturated heterocycles. The molecule has 0 bridgehead atoms. The van der Waals surface area contributed by atoms with E-state index in [2.05, 4.69) is 0 Å². The van der Waals surface area contributed by atoms with Crippen LogP contribution in [-0.4, -0.2) is 74.6 Å². The molecular formula is C18H26N2O5S. The Hall–Kier alpha value is -1.48. The molecule has 26 heavy (non-hydrogen) atoms. The van der Waals surface area contributed by atoms with Gasteiger partial charge in [0.1, 0.15) is 0 Å². The number of benzene rings is 1. The summed E-state index contributed by atoms with van der Waals surface area (Å²) in [5.74, 6) is -0.108. The van der Waals surface area contributed by atoms with E-state index < -0.39 is 15.6 Å². The second kappa shape index (κ2) is 7.26. The van der Waals surface area contributed by atoms with Crippen LogP contribution in [0.15, 0.2) is 29.2 Å². The van der Waals surface area contributed by atoms with Crippen LogP contribution < -0.4 is 0 Å². The van der Waals surface area contributed by atoms with Gasteiger partial charge < -0.3 is 14.4 Å². The Morgan fingerprint density at radius 3 is 2.35 bits per heavy atom. The third-order valence-electron chi connectivity index (χ3n) is 4.57. The summed E-state index contributed by atoms with van der Waals surface area (Å²) in [5, 5.41) is 0. The second-order valence-corrected chi connectivity index (χ2v) is 9.35. The van der Waals surface area contributed by atoms with Crippen LogP contribution >= 0.6 is 0 Å². The molecule has 0 saturated carbocycles. The molecule has 0 spiro atoms. The molecule has 2 aliphatic heterocycles. The normalized spacial score (nSPS) is 24.4. The van der Waals surface area contributed by atoms with Gasteiger partial charge in [-0.2, -0.15) is 4.31 Å². The Labute approximate surface area is 154 Å². The number of hydrogen-bond donors (Lipinski definition) is 0. The minimum Gasteiger partial charge on any atom is -0.379 e. The van der Waals surface area contributed by atoms with Gasteiger partial charge in [0.25, 0.3) is 5.91 Å². The Balaban J connectivity index is 1.76. The Morgan fingerprint density at radius 1 is 1.15 bits per heavy atom. The molecule has 7 nitrogen and oxygen atoms in total. The highest BCUT2D eigenvalue weighted by atomic mass is 32.2. The van der Waals surface area contributed by atoms with E-state index in [0.717, 1.165) is 0 Å². The van der Waals surface area contributed by atoms with Crippen molar-refractivity contribution in [2.75, 3.05) is 39.4 Å². The van der Waals surface area contributed by atoms with Crippen LogP contribution in [0.3, 0.4) is 0 Å². The van der Waals surface area contributed by atoms with Crippen molar-refractivity contribution in [1.82, 2.24) is 9.21 Å². The zero-order valence-electron chi connectivity index (χ0n) is 15.5. The van der Waals surface area contributed by atoms with Crippen molar-refractivity contribution < 1.29 is 22.7 Å². The van der Waals surface area contributed by atoms with Crippen molar-refractivity contribution in [1.29, 1.82) is 0 Å². The smallest absolute Gasteiger partial charge is 0.254 e. The van der Waals surface area contributed by atoms with E-state index in [1.807, 2.05) is 20.8 Å². The maximum atomic E-state index is 12.8. The summed E-state index contributed by atoms with van der Waals surface area (Å²) >= 11 is 0. The van der Waals surface area contributed by atoms with Gasteiger partial charge in [0.2, 0.25) is 10.0 Å². The van der Waals surface area contributed by atoms with Crippen LogP contribution in [0, 0.1) is 0 Å². The molecule has 1 atom stereocenters. The number of rotatable bonds is 3. The first-order valence-corrected chi connectivity index (χ1v) is 10.3. The van der Waals surface area contributed by atoms with Gasteiger partial charge in [-0.25, -0.2) is 8.42 Å². The van der Waals surface area contributed by atoms with Gasteiger partial charge in [-0.15, -0.1) is 0 Å². The summed E-state index contributed by atoms with van der Waals surface area (Å²) in [6.07, 6.45) is -0.0383. The molecule has 0 aliphatic carbocycles. The average Bonchev–Trinajstić information content (AvgIpc) is 2.60. The van der Waals surface area contributed by atoms with E-state index in [1.165, 1.54) is 16.4 Å². The summed E-state index contributed by atoms with van der Waals surface area (Å²) in [5.41, 5.74) is 0.0864. The molecule has 1 amide bonds. The van der Waals surface area contributed by atoms with Crippen molar-refractivity contribution in [3.05, 3.63) is 29.8 Å². The predicted octanol–water partition coefficient (Wildman–Crippen LogP) is 1.35. The molecule has 1 unspecified atom stereocenters. The minimum absolute atomic E-state index is 0.0383. The first-order chi connectivity index (χ1) is 12.2. The minimum atomic E-state index is -3.55. The maximum absolute atomic E-state index is 12.8. The van der Waals surface area contributed by atoms with Gasteiger partial charge in [-0.1, -0.05) is 0 Å².